The van der Waals surface area contributed by atoms with Crippen molar-refractivity contribution in [3.8, 4) is 11.5 Å². The maximum absolute atomic E-state index is 11.7. The van der Waals surface area contributed by atoms with Gasteiger partial charge in [0.25, 0.3) is 5.69 Å². The number of rotatable bonds is 4. The second-order valence-electron chi connectivity index (χ2n) is 5.52. The van der Waals surface area contributed by atoms with Crippen LogP contribution in [0.1, 0.15) is 16.7 Å². The summed E-state index contributed by atoms with van der Waals surface area (Å²) in [6.45, 7) is 2.47. The molecule has 7 nitrogen and oxygen atoms in total. The van der Waals surface area contributed by atoms with Crippen molar-refractivity contribution in [2.24, 2.45) is 0 Å². The molecule has 1 aliphatic heterocycles. The number of hydrogen-bond donors (Lipinski definition) is 1. The smallest absolute Gasteiger partial charge is 0.336 e. The number of hydrogen-bond acceptors (Lipinski definition) is 5. The number of nitro benzene ring substituents is 1. The lowest BCUT2D eigenvalue weighted by molar-refractivity contribution is -0.385. The Hall–Kier alpha value is -3.35. The molecule has 2 aromatic carbocycles. The number of nitrogens with zero attached hydrogens (tertiary/aromatic N) is 1. The third-order valence-electron chi connectivity index (χ3n) is 3.82. The molecule has 0 radical (unpaired) electrons. The first-order chi connectivity index (χ1) is 12.0. The van der Waals surface area contributed by atoms with Gasteiger partial charge in [-0.15, -0.1) is 0 Å². The highest BCUT2D eigenvalue weighted by Gasteiger charge is 2.17. The van der Waals surface area contributed by atoms with Gasteiger partial charge in [0.15, 0.2) is 11.5 Å². The summed E-state index contributed by atoms with van der Waals surface area (Å²) in [5.74, 6) is -0.101. The second-order valence-corrected chi connectivity index (χ2v) is 5.52. The molecule has 128 valence electrons. The van der Waals surface area contributed by atoms with Gasteiger partial charge < -0.3 is 14.6 Å². The van der Waals surface area contributed by atoms with Crippen molar-refractivity contribution < 1.29 is 24.3 Å². The maximum atomic E-state index is 11.7. The Bertz CT molecular complexity index is 887. The Labute approximate surface area is 143 Å². The van der Waals surface area contributed by atoms with Gasteiger partial charge in [-0.3, -0.25) is 10.1 Å². The molecule has 3 rings (SSSR count). The van der Waals surface area contributed by atoms with Gasteiger partial charge in [0.1, 0.15) is 13.2 Å². The summed E-state index contributed by atoms with van der Waals surface area (Å²) in [5, 5.41) is 20.6. The summed E-state index contributed by atoms with van der Waals surface area (Å²) < 4.78 is 10.9. The summed E-state index contributed by atoms with van der Waals surface area (Å²) in [6, 6.07) is 9.46. The average molecular weight is 341 g/mol. The van der Waals surface area contributed by atoms with Gasteiger partial charge in [0.05, 0.1) is 10.5 Å². The molecule has 0 saturated carbocycles. The van der Waals surface area contributed by atoms with E-state index in [0.717, 1.165) is 0 Å². The number of aliphatic carboxylic acids is 1. The number of benzene rings is 2. The summed E-state index contributed by atoms with van der Waals surface area (Å²) in [6.07, 6.45) is 1.40. The lowest BCUT2D eigenvalue weighted by Crippen LogP contribution is -2.15. The van der Waals surface area contributed by atoms with Crippen LogP contribution >= 0.6 is 0 Å². The average Bonchev–Trinajstić information content (AvgIpc) is 2.60. The predicted octanol–water partition coefficient (Wildman–Crippen LogP) is 3.30. The highest BCUT2D eigenvalue weighted by Crippen LogP contribution is 2.33. The molecule has 1 N–H and O–H groups in total. The number of carboxylic acid groups (broad SMARTS) is 1. The van der Waals surface area contributed by atoms with Crippen molar-refractivity contribution in [3.05, 3.63) is 63.2 Å². The Kier molecular flexibility index (Phi) is 4.38. The number of carboxylic acids is 1. The van der Waals surface area contributed by atoms with Crippen LogP contribution in [0.15, 0.2) is 36.4 Å². The third-order valence-corrected chi connectivity index (χ3v) is 3.82. The number of aryl methyl sites for hydroxylation is 1. The summed E-state index contributed by atoms with van der Waals surface area (Å²) in [7, 11) is 0. The van der Waals surface area contributed by atoms with Crippen LogP contribution in [-0.4, -0.2) is 29.2 Å². The molecule has 2 aromatic rings. The number of fused-ring (bicyclic) bond motifs is 1. The van der Waals surface area contributed by atoms with E-state index in [4.69, 9.17) is 9.47 Å². The standard InChI is InChI=1S/C18H15NO6/c1-11-2-3-12(9-15(11)19(22)23)8-14(18(20)21)13-4-5-16-17(10-13)25-7-6-24-16/h2-5,8-10H,6-7H2,1H3,(H,20,21)/b14-8-. The zero-order valence-electron chi connectivity index (χ0n) is 13.4. The van der Waals surface area contributed by atoms with Crippen LogP contribution in [-0.2, 0) is 4.79 Å². The van der Waals surface area contributed by atoms with E-state index in [9.17, 15) is 20.0 Å². The van der Waals surface area contributed by atoms with E-state index >= 15 is 0 Å². The van der Waals surface area contributed by atoms with Crippen molar-refractivity contribution in [3.63, 3.8) is 0 Å². The highest BCUT2D eigenvalue weighted by atomic mass is 16.6. The van der Waals surface area contributed by atoms with Crippen molar-refractivity contribution in [2.45, 2.75) is 6.92 Å². The van der Waals surface area contributed by atoms with Gasteiger partial charge in [-0.05, 0) is 36.3 Å². The van der Waals surface area contributed by atoms with E-state index in [2.05, 4.69) is 0 Å². The van der Waals surface area contributed by atoms with E-state index in [0.29, 0.717) is 41.4 Å². The lowest BCUT2D eigenvalue weighted by atomic mass is 10.0. The molecule has 0 atom stereocenters. The molecule has 0 amide bonds. The van der Waals surface area contributed by atoms with Crippen LogP contribution in [0.25, 0.3) is 11.6 Å². The van der Waals surface area contributed by atoms with E-state index in [-0.39, 0.29) is 11.3 Å². The summed E-state index contributed by atoms with van der Waals surface area (Å²) >= 11 is 0. The second kappa shape index (κ2) is 6.64. The van der Waals surface area contributed by atoms with Gasteiger partial charge in [0, 0.05) is 11.6 Å². The minimum absolute atomic E-state index is 0.00937. The van der Waals surface area contributed by atoms with E-state index in [1.165, 1.54) is 12.1 Å². The van der Waals surface area contributed by atoms with Crippen LogP contribution in [0.3, 0.4) is 0 Å². The molecule has 1 aliphatic rings. The minimum Gasteiger partial charge on any atom is -0.486 e. The summed E-state index contributed by atoms with van der Waals surface area (Å²) in [5.41, 5.74) is 1.33. The zero-order chi connectivity index (χ0) is 18.0. The Balaban J connectivity index is 2.05. The van der Waals surface area contributed by atoms with Gasteiger partial charge in [-0.25, -0.2) is 4.79 Å². The van der Waals surface area contributed by atoms with Gasteiger partial charge >= 0.3 is 5.97 Å². The largest absolute Gasteiger partial charge is 0.486 e. The van der Waals surface area contributed by atoms with Crippen molar-refractivity contribution in [1.29, 1.82) is 0 Å². The van der Waals surface area contributed by atoms with E-state index in [1.54, 1.807) is 37.3 Å². The zero-order valence-corrected chi connectivity index (χ0v) is 13.4. The van der Waals surface area contributed by atoms with Gasteiger partial charge in [-0.1, -0.05) is 18.2 Å². The van der Waals surface area contributed by atoms with Gasteiger partial charge in [-0.2, -0.15) is 0 Å². The minimum atomic E-state index is -1.14. The van der Waals surface area contributed by atoms with Gasteiger partial charge in [0.2, 0.25) is 0 Å². The molecule has 0 saturated heterocycles. The molecule has 7 heteroatoms. The number of carbonyl (C=O) groups is 1. The quantitative estimate of drug-likeness (QED) is 0.396. The monoisotopic (exact) mass is 341 g/mol. The summed E-state index contributed by atoms with van der Waals surface area (Å²) in [4.78, 5) is 22.3. The fourth-order valence-corrected chi connectivity index (χ4v) is 2.56. The lowest BCUT2D eigenvalue weighted by Gasteiger charge is -2.19. The molecule has 0 spiro atoms. The molecule has 0 aliphatic carbocycles. The maximum Gasteiger partial charge on any atom is 0.336 e. The first-order valence-corrected chi connectivity index (χ1v) is 7.56. The van der Waals surface area contributed by atoms with Crippen molar-refractivity contribution in [1.82, 2.24) is 0 Å². The molecule has 1 heterocycles. The SMILES string of the molecule is Cc1ccc(/C=C(\C(=O)O)c2ccc3c(c2)OCCO3)cc1[N+](=O)[O-]. The van der Waals surface area contributed by atoms with Crippen LogP contribution in [0.4, 0.5) is 5.69 Å². The number of nitro groups is 1. The molecular weight excluding hydrogens is 326 g/mol. The molecule has 0 unspecified atom stereocenters. The molecule has 0 bridgehead atoms. The molecule has 25 heavy (non-hydrogen) atoms. The van der Waals surface area contributed by atoms with Crippen LogP contribution in [0.2, 0.25) is 0 Å². The Morgan fingerprint density at radius 3 is 2.56 bits per heavy atom. The fraction of sp³-hybridized carbons (Fsp3) is 0.167. The third kappa shape index (κ3) is 3.45. The van der Waals surface area contributed by atoms with E-state index in [1.807, 2.05) is 0 Å². The fourth-order valence-electron chi connectivity index (χ4n) is 2.56. The number of ether oxygens (including phenoxy) is 2. The van der Waals surface area contributed by atoms with Crippen LogP contribution in [0.5, 0.6) is 11.5 Å². The molecular formula is C18H15NO6. The Morgan fingerprint density at radius 1 is 1.16 bits per heavy atom. The normalized spacial score (nSPS) is 13.4. The highest BCUT2D eigenvalue weighted by molar-refractivity contribution is 6.20. The van der Waals surface area contributed by atoms with Crippen LogP contribution < -0.4 is 9.47 Å². The predicted molar refractivity (Wildman–Crippen MR) is 90.8 cm³/mol. The molecule has 0 aromatic heterocycles. The first-order valence-electron chi connectivity index (χ1n) is 7.56. The van der Waals surface area contributed by atoms with Crippen molar-refractivity contribution >= 4 is 23.3 Å². The first kappa shape index (κ1) is 16.5. The van der Waals surface area contributed by atoms with Crippen LogP contribution in [0, 0.1) is 17.0 Å². The topological polar surface area (TPSA) is 98.9 Å². The Morgan fingerprint density at radius 2 is 1.88 bits per heavy atom. The van der Waals surface area contributed by atoms with E-state index < -0.39 is 10.9 Å². The molecule has 0 fully saturated rings. The van der Waals surface area contributed by atoms with Crippen molar-refractivity contribution in [2.75, 3.05) is 13.2 Å².